The van der Waals surface area contributed by atoms with Crippen molar-refractivity contribution < 1.29 is 19.5 Å². The monoisotopic (exact) mass is 471 g/mol. The standard InChI is InChI=1S/C14H13N7O4S4/c1-5-18-20-14(28-5)27-3-7(22)17-8-10(23)21-9(12(24)25)6(2-26-11(8)21)29-13-15-4-16-19-13/h4,8,11H,2-3H2,1H3,(H,17,22)(H,24,25)(H,15,16,19)/t8-,11-/m1/s1. The van der Waals surface area contributed by atoms with Crippen LogP contribution in [0.25, 0.3) is 0 Å². The molecule has 0 saturated carbocycles. The number of β-lactam (4-membered cyclic amide) rings is 1. The zero-order chi connectivity index (χ0) is 20.5. The molecule has 2 amide bonds. The number of aromatic nitrogens is 5. The summed E-state index contributed by atoms with van der Waals surface area (Å²) < 4.78 is 0.677. The fourth-order valence-corrected chi connectivity index (χ4v) is 6.68. The number of carbonyl (C=O) groups is 3. The van der Waals surface area contributed by atoms with E-state index in [0.29, 0.717) is 20.2 Å². The van der Waals surface area contributed by atoms with Gasteiger partial charge in [-0.05, 0) is 6.92 Å². The highest BCUT2D eigenvalue weighted by atomic mass is 32.2. The van der Waals surface area contributed by atoms with Crippen molar-refractivity contribution in [2.45, 2.75) is 27.8 Å². The van der Waals surface area contributed by atoms with E-state index < -0.39 is 23.3 Å². The second-order valence-corrected chi connectivity index (χ2v) is 10.4. The van der Waals surface area contributed by atoms with E-state index in [2.05, 4.69) is 30.7 Å². The molecule has 2 aliphatic heterocycles. The molecule has 2 aromatic heterocycles. The highest BCUT2D eigenvalue weighted by Gasteiger charge is 2.54. The first-order chi connectivity index (χ1) is 13.9. The van der Waals surface area contributed by atoms with Crippen LogP contribution in [0.4, 0.5) is 0 Å². The summed E-state index contributed by atoms with van der Waals surface area (Å²) >= 11 is 5.15. The van der Waals surface area contributed by atoms with E-state index in [0.717, 1.165) is 16.8 Å². The Morgan fingerprint density at radius 2 is 2.28 bits per heavy atom. The molecule has 4 rings (SSSR count). The van der Waals surface area contributed by atoms with Gasteiger partial charge in [-0.15, -0.1) is 22.0 Å². The van der Waals surface area contributed by atoms with Crippen LogP contribution in [0.15, 0.2) is 26.4 Å². The third-order valence-corrected chi connectivity index (χ3v) is 8.31. The van der Waals surface area contributed by atoms with Crippen molar-refractivity contribution >= 4 is 64.4 Å². The number of aromatic amines is 1. The maximum absolute atomic E-state index is 12.6. The van der Waals surface area contributed by atoms with Crippen LogP contribution < -0.4 is 5.32 Å². The molecule has 1 saturated heterocycles. The maximum atomic E-state index is 12.6. The zero-order valence-corrected chi connectivity index (χ0v) is 18.0. The van der Waals surface area contributed by atoms with E-state index in [1.807, 2.05) is 6.92 Å². The average molecular weight is 472 g/mol. The summed E-state index contributed by atoms with van der Waals surface area (Å²) in [6.07, 6.45) is 1.32. The summed E-state index contributed by atoms with van der Waals surface area (Å²) in [7, 11) is 0. The van der Waals surface area contributed by atoms with E-state index in [1.54, 1.807) is 0 Å². The lowest BCUT2D eigenvalue weighted by molar-refractivity contribution is -0.150. The number of thioether (sulfide) groups is 3. The number of carboxylic acid groups (broad SMARTS) is 1. The number of amides is 2. The molecule has 2 aliphatic rings. The van der Waals surface area contributed by atoms with Gasteiger partial charge in [0.2, 0.25) is 5.91 Å². The van der Waals surface area contributed by atoms with Crippen LogP contribution in [0.3, 0.4) is 0 Å². The van der Waals surface area contributed by atoms with Gasteiger partial charge < -0.3 is 10.4 Å². The van der Waals surface area contributed by atoms with Crippen molar-refractivity contribution in [1.29, 1.82) is 0 Å². The second kappa shape index (κ2) is 8.33. The molecule has 1 fully saturated rings. The summed E-state index contributed by atoms with van der Waals surface area (Å²) in [5.41, 5.74) is -0.0793. The van der Waals surface area contributed by atoms with Crippen LogP contribution in [-0.4, -0.2) is 76.1 Å². The van der Waals surface area contributed by atoms with Gasteiger partial charge in [0.15, 0.2) is 9.50 Å². The minimum absolute atomic E-state index is 0.0793. The molecule has 3 N–H and O–H groups in total. The number of carbonyl (C=O) groups excluding carboxylic acids is 2. The smallest absolute Gasteiger partial charge is 0.353 e. The van der Waals surface area contributed by atoms with Crippen molar-refractivity contribution in [3.8, 4) is 0 Å². The van der Waals surface area contributed by atoms with Crippen LogP contribution in [0.1, 0.15) is 5.01 Å². The molecule has 11 nitrogen and oxygen atoms in total. The van der Waals surface area contributed by atoms with Crippen LogP contribution in [0.5, 0.6) is 0 Å². The van der Waals surface area contributed by atoms with Crippen molar-refractivity contribution in [1.82, 2.24) is 35.6 Å². The van der Waals surface area contributed by atoms with Gasteiger partial charge in [-0.2, -0.15) is 5.10 Å². The topological polar surface area (TPSA) is 154 Å². The van der Waals surface area contributed by atoms with Crippen molar-refractivity contribution in [3.05, 3.63) is 21.9 Å². The summed E-state index contributed by atoms with van der Waals surface area (Å²) in [5, 5.41) is 27.3. The first-order valence-electron chi connectivity index (χ1n) is 8.10. The highest BCUT2D eigenvalue weighted by molar-refractivity contribution is 8.06. The molecule has 2 atom stereocenters. The molecule has 152 valence electrons. The predicted molar refractivity (Wildman–Crippen MR) is 107 cm³/mol. The second-order valence-electron chi connectivity index (χ2n) is 5.80. The molecule has 0 unspecified atom stereocenters. The molecule has 15 heteroatoms. The number of rotatable bonds is 7. The maximum Gasteiger partial charge on any atom is 0.353 e. The van der Waals surface area contributed by atoms with Gasteiger partial charge >= 0.3 is 5.97 Å². The molecule has 0 radical (unpaired) electrons. The molecule has 29 heavy (non-hydrogen) atoms. The molecule has 0 spiro atoms. The number of carboxylic acids is 1. The van der Waals surface area contributed by atoms with Crippen molar-refractivity contribution in [3.63, 3.8) is 0 Å². The zero-order valence-electron chi connectivity index (χ0n) is 14.7. The Balaban J connectivity index is 1.41. The molecule has 0 bridgehead atoms. The molecule has 0 aliphatic carbocycles. The summed E-state index contributed by atoms with van der Waals surface area (Å²) in [4.78, 5) is 42.3. The fourth-order valence-electron chi connectivity index (χ4n) is 2.71. The Kier molecular flexibility index (Phi) is 5.80. The quantitative estimate of drug-likeness (QED) is 0.383. The number of aryl methyl sites for hydroxylation is 1. The number of aliphatic carboxylic acids is 1. The van der Waals surface area contributed by atoms with Gasteiger partial charge in [0.25, 0.3) is 5.91 Å². The van der Waals surface area contributed by atoms with Crippen LogP contribution in [0.2, 0.25) is 0 Å². The first kappa shape index (κ1) is 20.2. The van der Waals surface area contributed by atoms with E-state index in [4.69, 9.17) is 0 Å². The number of hydrogen-bond acceptors (Lipinski definition) is 11. The van der Waals surface area contributed by atoms with Gasteiger partial charge in [0.1, 0.15) is 28.4 Å². The SMILES string of the molecule is Cc1nnc(SCC(=O)N[C@@H]2C(=O)N3C(C(=O)O)=C(Sc4ncn[nH]4)CS[C@H]23)s1. The minimum Gasteiger partial charge on any atom is -0.477 e. The molecule has 4 heterocycles. The predicted octanol–water partition coefficient (Wildman–Crippen LogP) is 0.545. The Morgan fingerprint density at radius 1 is 1.45 bits per heavy atom. The number of nitrogens with zero attached hydrogens (tertiary/aromatic N) is 5. The third kappa shape index (κ3) is 4.12. The van der Waals surface area contributed by atoms with E-state index >= 15 is 0 Å². The Bertz CT molecular complexity index is 992. The Morgan fingerprint density at radius 3 is 2.93 bits per heavy atom. The lowest BCUT2D eigenvalue weighted by atomic mass is 10.1. The molecule has 0 aromatic carbocycles. The third-order valence-electron chi connectivity index (χ3n) is 3.90. The van der Waals surface area contributed by atoms with Crippen molar-refractivity contribution in [2.24, 2.45) is 0 Å². The van der Waals surface area contributed by atoms with E-state index in [-0.39, 0.29) is 17.4 Å². The van der Waals surface area contributed by atoms with Gasteiger partial charge in [0.05, 0.1) is 5.75 Å². The van der Waals surface area contributed by atoms with Gasteiger partial charge in [-0.3, -0.25) is 19.6 Å². The van der Waals surface area contributed by atoms with Crippen LogP contribution >= 0.6 is 46.6 Å². The molecular formula is C14H13N7O4S4. The number of hydrogen-bond donors (Lipinski definition) is 3. The largest absolute Gasteiger partial charge is 0.477 e. The van der Waals surface area contributed by atoms with Crippen LogP contribution in [-0.2, 0) is 14.4 Å². The normalized spacial score (nSPS) is 21.0. The van der Waals surface area contributed by atoms with E-state index in [9.17, 15) is 19.5 Å². The van der Waals surface area contributed by atoms with Gasteiger partial charge in [-0.1, -0.05) is 34.9 Å². The highest BCUT2D eigenvalue weighted by Crippen LogP contribution is 2.44. The number of H-pyrrole nitrogens is 1. The molecular weight excluding hydrogens is 458 g/mol. The number of fused-ring (bicyclic) bond motifs is 1. The lowest BCUT2D eigenvalue weighted by Gasteiger charge is -2.49. The summed E-state index contributed by atoms with van der Waals surface area (Å²) in [5.74, 6) is -1.47. The minimum atomic E-state index is -1.20. The fraction of sp³-hybridized carbons (Fsp3) is 0.357. The Hall–Kier alpha value is -2.10. The Labute approximate surface area is 180 Å². The summed E-state index contributed by atoms with van der Waals surface area (Å²) in [6, 6.07) is -0.754. The number of nitrogens with one attached hydrogen (secondary N) is 2. The van der Waals surface area contributed by atoms with E-state index in [1.165, 1.54) is 46.1 Å². The summed E-state index contributed by atoms with van der Waals surface area (Å²) in [6.45, 7) is 1.83. The van der Waals surface area contributed by atoms with Crippen molar-refractivity contribution in [2.75, 3.05) is 11.5 Å². The van der Waals surface area contributed by atoms with Gasteiger partial charge in [0, 0.05) is 10.7 Å². The van der Waals surface area contributed by atoms with Crippen LogP contribution in [0, 0.1) is 6.92 Å². The first-order valence-corrected chi connectivity index (χ1v) is 11.8. The average Bonchev–Trinajstić information content (AvgIpc) is 3.35. The molecule has 2 aromatic rings. The lowest BCUT2D eigenvalue weighted by Crippen LogP contribution is -2.70. The van der Waals surface area contributed by atoms with Gasteiger partial charge in [-0.25, -0.2) is 9.78 Å².